The van der Waals surface area contributed by atoms with Crippen molar-refractivity contribution >= 4 is 34.5 Å². The third-order valence-corrected chi connectivity index (χ3v) is 4.79. The quantitative estimate of drug-likeness (QED) is 0.844. The molecule has 0 unspecified atom stereocenters. The van der Waals surface area contributed by atoms with Crippen molar-refractivity contribution in [3.8, 4) is 0 Å². The molecule has 3 nitrogen and oxygen atoms in total. The highest BCUT2D eigenvalue weighted by molar-refractivity contribution is 7.10. The Morgan fingerprint density at radius 2 is 2.15 bits per heavy atom. The van der Waals surface area contributed by atoms with E-state index in [1.807, 2.05) is 24.3 Å². The molecule has 0 spiro atoms. The lowest BCUT2D eigenvalue weighted by Crippen LogP contribution is -2.48. The lowest BCUT2D eigenvalue weighted by atomic mass is 10.1. The Bertz CT molecular complexity index is 640. The summed E-state index contributed by atoms with van der Waals surface area (Å²) in [6.45, 7) is 3.16. The number of benzene rings is 1. The van der Waals surface area contributed by atoms with Gasteiger partial charge in [-0.1, -0.05) is 23.7 Å². The third-order valence-electron chi connectivity index (χ3n) is 3.45. The third kappa shape index (κ3) is 2.46. The van der Waals surface area contributed by atoms with Gasteiger partial charge in [0.25, 0.3) is 0 Å². The summed E-state index contributed by atoms with van der Waals surface area (Å²) in [7, 11) is 0. The van der Waals surface area contributed by atoms with Crippen LogP contribution in [0.5, 0.6) is 0 Å². The topological polar surface area (TPSA) is 23.6 Å². The highest BCUT2D eigenvalue weighted by Crippen LogP contribution is 2.31. The molecule has 1 aliphatic rings. The molecule has 1 aromatic heterocycles. The predicted octanol–water partition coefficient (Wildman–Crippen LogP) is 3.73. The summed E-state index contributed by atoms with van der Waals surface area (Å²) in [5, 5.41) is 6.47. The fraction of sp³-hybridized carbons (Fsp3) is 0.267. The number of anilines is 1. The van der Waals surface area contributed by atoms with Crippen molar-refractivity contribution in [1.82, 2.24) is 5.01 Å². The standard InChI is InChI=1S/C15H15ClN2OS/c1-11(19)18(14-5-3-2-4-13(14)16)17-8-6-15-12(10-17)7-9-20-15/h2-5,7,9H,6,8,10H2,1H3. The summed E-state index contributed by atoms with van der Waals surface area (Å²) in [6, 6.07) is 9.60. The number of nitrogens with zero attached hydrogens (tertiary/aromatic N) is 2. The largest absolute Gasteiger partial charge is 0.273 e. The second-order valence-electron chi connectivity index (χ2n) is 4.79. The molecular formula is C15H15ClN2OS. The Balaban J connectivity index is 1.93. The molecule has 0 saturated heterocycles. The molecule has 0 N–H and O–H groups in total. The van der Waals surface area contributed by atoms with Crippen LogP contribution < -0.4 is 5.01 Å². The SMILES string of the molecule is CC(=O)N(c1ccccc1Cl)N1CCc2sccc2C1. The number of thiophene rings is 1. The Labute approximate surface area is 127 Å². The van der Waals surface area contributed by atoms with Crippen molar-refractivity contribution in [3.63, 3.8) is 0 Å². The van der Waals surface area contributed by atoms with Crippen molar-refractivity contribution in [1.29, 1.82) is 0 Å². The summed E-state index contributed by atoms with van der Waals surface area (Å²) in [4.78, 5) is 13.5. The summed E-state index contributed by atoms with van der Waals surface area (Å²) in [6.07, 6.45) is 0.973. The Kier molecular flexibility index (Phi) is 3.78. The molecule has 3 rings (SSSR count). The molecule has 1 aliphatic heterocycles. The monoisotopic (exact) mass is 306 g/mol. The van der Waals surface area contributed by atoms with Gasteiger partial charge in [-0.25, -0.2) is 10.0 Å². The normalized spacial score (nSPS) is 14.9. The van der Waals surface area contributed by atoms with Crippen LogP contribution in [0.4, 0.5) is 5.69 Å². The van der Waals surface area contributed by atoms with Crippen LogP contribution in [0.1, 0.15) is 17.4 Å². The highest BCUT2D eigenvalue weighted by Gasteiger charge is 2.26. The first-order valence-electron chi connectivity index (χ1n) is 6.52. The number of hydrogen-bond donors (Lipinski definition) is 0. The number of hydrogen-bond acceptors (Lipinski definition) is 3. The molecule has 5 heteroatoms. The van der Waals surface area contributed by atoms with E-state index in [1.165, 1.54) is 10.4 Å². The van der Waals surface area contributed by atoms with Crippen LogP contribution in [0.15, 0.2) is 35.7 Å². The maximum absolute atomic E-state index is 12.1. The minimum Gasteiger partial charge on any atom is -0.273 e. The molecule has 0 saturated carbocycles. The average Bonchev–Trinajstić information content (AvgIpc) is 2.88. The highest BCUT2D eigenvalue weighted by atomic mass is 35.5. The molecule has 1 amide bonds. The molecule has 2 heterocycles. The molecule has 0 aliphatic carbocycles. The minimum absolute atomic E-state index is 0.0169. The molecule has 20 heavy (non-hydrogen) atoms. The van der Waals surface area contributed by atoms with Gasteiger partial charge in [-0.2, -0.15) is 0 Å². The van der Waals surface area contributed by atoms with Crippen LogP contribution in [0.3, 0.4) is 0 Å². The molecule has 0 fully saturated rings. The van der Waals surface area contributed by atoms with Gasteiger partial charge in [-0.15, -0.1) is 11.3 Å². The smallest absolute Gasteiger partial charge is 0.238 e. The zero-order chi connectivity index (χ0) is 14.1. The first-order chi connectivity index (χ1) is 9.66. The van der Waals surface area contributed by atoms with Crippen LogP contribution in [-0.2, 0) is 17.8 Å². The average molecular weight is 307 g/mol. The second-order valence-corrected chi connectivity index (χ2v) is 6.20. The number of hydrazine groups is 1. The van der Waals surface area contributed by atoms with Gasteiger partial charge in [-0.3, -0.25) is 4.79 Å². The number of carbonyl (C=O) groups excluding carboxylic acids is 1. The summed E-state index contributed by atoms with van der Waals surface area (Å²) >= 11 is 8.03. The molecule has 1 aromatic carbocycles. The zero-order valence-electron chi connectivity index (χ0n) is 11.2. The van der Waals surface area contributed by atoms with E-state index in [1.54, 1.807) is 23.3 Å². The van der Waals surface area contributed by atoms with Crippen molar-refractivity contribution in [2.24, 2.45) is 0 Å². The number of carbonyl (C=O) groups is 1. The maximum atomic E-state index is 12.1. The zero-order valence-corrected chi connectivity index (χ0v) is 12.7. The van der Waals surface area contributed by atoms with Crippen LogP contribution in [0, 0.1) is 0 Å². The van der Waals surface area contributed by atoms with Crippen LogP contribution in [-0.4, -0.2) is 17.5 Å². The Hall–Kier alpha value is -1.36. The van der Waals surface area contributed by atoms with Crippen molar-refractivity contribution in [2.45, 2.75) is 19.9 Å². The molecule has 0 radical (unpaired) electrons. The maximum Gasteiger partial charge on any atom is 0.238 e. The van der Waals surface area contributed by atoms with E-state index in [0.717, 1.165) is 25.2 Å². The van der Waals surface area contributed by atoms with E-state index in [0.29, 0.717) is 5.02 Å². The van der Waals surface area contributed by atoms with Gasteiger partial charge in [0.15, 0.2) is 0 Å². The molecule has 2 aromatic rings. The van der Waals surface area contributed by atoms with Gasteiger partial charge in [0.2, 0.25) is 5.91 Å². The first-order valence-corrected chi connectivity index (χ1v) is 7.78. The van der Waals surface area contributed by atoms with Crippen LogP contribution in [0.25, 0.3) is 0 Å². The number of fused-ring (bicyclic) bond motifs is 1. The van der Waals surface area contributed by atoms with Gasteiger partial charge in [-0.05, 0) is 35.6 Å². The first kappa shape index (κ1) is 13.6. The Morgan fingerprint density at radius 3 is 2.90 bits per heavy atom. The molecule has 0 atom stereocenters. The van der Waals surface area contributed by atoms with E-state index in [4.69, 9.17) is 11.6 Å². The van der Waals surface area contributed by atoms with Gasteiger partial charge < -0.3 is 0 Å². The number of rotatable bonds is 2. The predicted molar refractivity (Wildman–Crippen MR) is 83.0 cm³/mol. The summed E-state index contributed by atoms with van der Waals surface area (Å²) in [5.74, 6) is -0.0169. The van der Waals surface area contributed by atoms with E-state index < -0.39 is 0 Å². The van der Waals surface area contributed by atoms with Crippen LogP contribution >= 0.6 is 22.9 Å². The molecule has 0 bridgehead atoms. The molecular weight excluding hydrogens is 292 g/mol. The lowest BCUT2D eigenvalue weighted by Gasteiger charge is -2.37. The van der Waals surface area contributed by atoms with Crippen LogP contribution in [0.2, 0.25) is 5.02 Å². The van der Waals surface area contributed by atoms with Gasteiger partial charge in [0.05, 0.1) is 10.7 Å². The van der Waals surface area contributed by atoms with E-state index in [2.05, 4.69) is 16.5 Å². The van der Waals surface area contributed by atoms with E-state index >= 15 is 0 Å². The number of amides is 1. The second kappa shape index (κ2) is 5.56. The van der Waals surface area contributed by atoms with Crippen molar-refractivity contribution in [2.75, 3.05) is 11.6 Å². The Morgan fingerprint density at radius 1 is 1.35 bits per heavy atom. The van der Waals surface area contributed by atoms with Crippen molar-refractivity contribution < 1.29 is 4.79 Å². The van der Waals surface area contributed by atoms with Crippen molar-refractivity contribution in [3.05, 3.63) is 51.2 Å². The fourth-order valence-corrected chi connectivity index (χ4v) is 3.65. The van der Waals surface area contributed by atoms with Gasteiger partial charge in [0, 0.05) is 24.9 Å². The molecule has 104 valence electrons. The lowest BCUT2D eigenvalue weighted by molar-refractivity contribution is -0.119. The minimum atomic E-state index is -0.0169. The number of halogens is 1. The van der Waals surface area contributed by atoms with Gasteiger partial charge in [0.1, 0.15) is 0 Å². The van der Waals surface area contributed by atoms with Gasteiger partial charge >= 0.3 is 0 Å². The van der Waals surface area contributed by atoms with E-state index in [-0.39, 0.29) is 5.91 Å². The fourth-order valence-electron chi connectivity index (χ4n) is 2.55. The number of para-hydroxylation sites is 1. The van der Waals surface area contributed by atoms with E-state index in [9.17, 15) is 4.79 Å². The summed E-state index contributed by atoms with van der Waals surface area (Å²) < 4.78 is 0. The summed E-state index contributed by atoms with van der Waals surface area (Å²) in [5.41, 5.74) is 2.06.